The first-order chi connectivity index (χ1) is 9.85. The van der Waals surface area contributed by atoms with Gasteiger partial charge in [0, 0.05) is 19.1 Å². The first-order valence-electron chi connectivity index (χ1n) is 7.43. The van der Waals surface area contributed by atoms with Crippen LogP contribution in [0.4, 0.5) is 11.6 Å². The maximum Gasteiger partial charge on any atom is 0.406 e. The highest BCUT2D eigenvalue weighted by Crippen LogP contribution is 2.36. The Bertz CT molecular complexity index is 513. The number of imidazole rings is 1. The van der Waals surface area contributed by atoms with Crippen LogP contribution in [0.25, 0.3) is 0 Å². The Morgan fingerprint density at radius 1 is 1.62 bits per heavy atom. The molecule has 0 saturated heterocycles. The van der Waals surface area contributed by atoms with Gasteiger partial charge in [0.25, 0.3) is 0 Å². The van der Waals surface area contributed by atoms with E-state index in [-0.39, 0.29) is 11.4 Å². The zero-order valence-corrected chi connectivity index (χ0v) is 13.3. The van der Waals surface area contributed by atoms with Crippen LogP contribution in [-0.4, -0.2) is 45.6 Å². The molecular formula is C14H25N5O2. The van der Waals surface area contributed by atoms with E-state index in [0.29, 0.717) is 18.3 Å². The second-order valence-corrected chi connectivity index (χ2v) is 6.46. The summed E-state index contributed by atoms with van der Waals surface area (Å²) in [7, 11) is 5.96. The zero-order valence-electron chi connectivity index (χ0n) is 13.3. The molecule has 1 fully saturated rings. The molecule has 1 aliphatic rings. The second-order valence-electron chi connectivity index (χ2n) is 6.46. The number of hydrogen-bond donors (Lipinski definition) is 1. The molecule has 1 N–H and O–H groups in total. The molecule has 118 valence electrons. The van der Waals surface area contributed by atoms with Gasteiger partial charge in [-0.25, -0.2) is 0 Å². The molecule has 1 saturated carbocycles. The van der Waals surface area contributed by atoms with Gasteiger partial charge in [-0.3, -0.25) is 4.57 Å². The van der Waals surface area contributed by atoms with Crippen LogP contribution in [0.1, 0.15) is 32.6 Å². The zero-order chi connectivity index (χ0) is 15.6. The van der Waals surface area contributed by atoms with E-state index in [0.717, 1.165) is 12.8 Å². The highest BCUT2D eigenvalue weighted by molar-refractivity contribution is 5.52. The monoisotopic (exact) mass is 295 g/mol. The highest BCUT2D eigenvalue weighted by atomic mass is 16.6. The predicted molar refractivity (Wildman–Crippen MR) is 82.4 cm³/mol. The maximum atomic E-state index is 11.0. The van der Waals surface area contributed by atoms with Crippen molar-refractivity contribution in [2.24, 2.45) is 13.0 Å². The van der Waals surface area contributed by atoms with E-state index in [9.17, 15) is 10.1 Å². The smallest absolute Gasteiger partial charge is 0.362 e. The van der Waals surface area contributed by atoms with Crippen LogP contribution >= 0.6 is 0 Å². The summed E-state index contributed by atoms with van der Waals surface area (Å²) in [5, 5.41) is 14.3. The fraction of sp³-hybridized carbons (Fsp3) is 0.786. The number of nitro groups is 1. The normalized spacial score (nSPS) is 26.0. The van der Waals surface area contributed by atoms with E-state index >= 15 is 0 Å². The SMILES string of the molecule is CC1CCCC(CNc2c([N+](=O)[O-])ncn2C)(N(C)C)C1. The number of hydrogen-bond acceptors (Lipinski definition) is 5. The summed E-state index contributed by atoms with van der Waals surface area (Å²) in [6.07, 6.45) is 6.17. The van der Waals surface area contributed by atoms with Gasteiger partial charge in [-0.2, -0.15) is 0 Å². The summed E-state index contributed by atoms with van der Waals surface area (Å²) < 4.78 is 1.67. The number of likely N-dealkylation sites (N-methyl/N-ethyl adjacent to an activating group) is 1. The molecule has 0 aromatic carbocycles. The van der Waals surface area contributed by atoms with Crippen molar-refractivity contribution < 1.29 is 4.92 Å². The summed E-state index contributed by atoms with van der Waals surface area (Å²) in [5.41, 5.74) is 0.0514. The average molecular weight is 295 g/mol. The Kier molecular flexibility index (Phi) is 4.51. The summed E-state index contributed by atoms with van der Waals surface area (Å²) in [5.74, 6) is 1.07. The number of aryl methyl sites for hydroxylation is 1. The molecule has 0 aliphatic heterocycles. The third-order valence-corrected chi connectivity index (χ3v) is 4.69. The minimum atomic E-state index is -0.436. The van der Waals surface area contributed by atoms with Gasteiger partial charge in [0.15, 0.2) is 0 Å². The summed E-state index contributed by atoms with van der Waals surface area (Å²) in [6, 6.07) is 0. The number of nitrogens with zero attached hydrogens (tertiary/aromatic N) is 4. The summed E-state index contributed by atoms with van der Waals surface area (Å²) >= 11 is 0. The van der Waals surface area contributed by atoms with E-state index in [1.165, 1.54) is 19.2 Å². The van der Waals surface area contributed by atoms with Crippen LogP contribution in [0.3, 0.4) is 0 Å². The van der Waals surface area contributed by atoms with Crippen molar-refractivity contribution >= 4 is 11.6 Å². The number of nitrogens with one attached hydrogen (secondary N) is 1. The van der Waals surface area contributed by atoms with Gasteiger partial charge < -0.3 is 20.3 Å². The molecule has 0 radical (unpaired) electrons. The van der Waals surface area contributed by atoms with Gasteiger partial charge in [-0.1, -0.05) is 19.8 Å². The van der Waals surface area contributed by atoms with Crippen molar-refractivity contribution in [3.8, 4) is 0 Å². The van der Waals surface area contributed by atoms with Crippen LogP contribution in [0.2, 0.25) is 0 Å². The van der Waals surface area contributed by atoms with Crippen LogP contribution in [0.15, 0.2) is 6.33 Å². The van der Waals surface area contributed by atoms with Crippen molar-refractivity contribution in [3.05, 3.63) is 16.4 Å². The van der Waals surface area contributed by atoms with Gasteiger partial charge in [0.1, 0.15) is 0 Å². The molecule has 21 heavy (non-hydrogen) atoms. The van der Waals surface area contributed by atoms with Gasteiger partial charge in [-0.05, 0) is 42.8 Å². The summed E-state index contributed by atoms with van der Waals surface area (Å²) in [4.78, 5) is 16.7. The standard InChI is InChI=1S/C14H25N5O2/c1-11-6-5-7-14(8-11,17(2)3)9-15-12-13(19(20)21)16-10-18(12)4/h10-11,15H,5-9H2,1-4H3. The van der Waals surface area contributed by atoms with Gasteiger partial charge >= 0.3 is 5.82 Å². The second kappa shape index (κ2) is 6.01. The Balaban J connectivity index is 2.16. The minimum Gasteiger partial charge on any atom is -0.362 e. The maximum absolute atomic E-state index is 11.0. The van der Waals surface area contributed by atoms with Crippen molar-refractivity contribution in [2.75, 3.05) is 26.0 Å². The molecule has 0 spiro atoms. The molecular weight excluding hydrogens is 270 g/mol. The molecule has 2 atom stereocenters. The van der Waals surface area contributed by atoms with Crippen LogP contribution in [0, 0.1) is 16.0 Å². The van der Waals surface area contributed by atoms with E-state index in [1.807, 2.05) is 0 Å². The average Bonchev–Trinajstić information content (AvgIpc) is 2.77. The van der Waals surface area contributed by atoms with Crippen molar-refractivity contribution in [1.29, 1.82) is 0 Å². The van der Waals surface area contributed by atoms with Crippen LogP contribution in [-0.2, 0) is 7.05 Å². The van der Waals surface area contributed by atoms with Crippen LogP contribution < -0.4 is 5.32 Å². The fourth-order valence-corrected chi connectivity index (χ4v) is 3.36. The van der Waals surface area contributed by atoms with E-state index in [1.54, 1.807) is 11.6 Å². The van der Waals surface area contributed by atoms with E-state index in [2.05, 4.69) is 36.2 Å². The predicted octanol–water partition coefficient (Wildman–Crippen LogP) is 2.25. The molecule has 1 aromatic rings. The molecule has 1 aromatic heterocycles. The van der Waals surface area contributed by atoms with Gasteiger partial charge in [0.2, 0.25) is 12.1 Å². The van der Waals surface area contributed by atoms with Crippen molar-refractivity contribution in [2.45, 2.75) is 38.1 Å². The molecule has 0 amide bonds. The van der Waals surface area contributed by atoms with E-state index < -0.39 is 4.92 Å². The summed E-state index contributed by atoms with van der Waals surface area (Å²) in [6.45, 7) is 2.98. The first kappa shape index (κ1) is 15.8. The Labute approximate surface area is 125 Å². The fourth-order valence-electron chi connectivity index (χ4n) is 3.36. The van der Waals surface area contributed by atoms with Crippen molar-refractivity contribution in [1.82, 2.24) is 14.5 Å². The largest absolute Gasteiger partial charge is 0.406 e. The molecule has 2 rings (SSSR count). The third kappa shape index (κ3) is 3.18. The lowest BCUT2D eigenvalue weighted by atomic mass is 9.75. The molecule has 1 heterocycles. The van der Waals surface area contributed by atoms with Gasteiger partial charge in [-0.15, -0.1) is 0 Å². The number of anilines is 1. The lowest BCUT2D eigenvalue weighted by Gasteiger charge is -2.45. The Morgan fingerprint density at radius 3 is 2.90 bits per heavy atom. The lowest BCUT2D eigenvalue weighted by molar-refractivity contribution is -0.388. The lowest BCUT2D eigenvalue weighted by Crippen LogP contribution is -2.52. The van der Waals surface area contributed by atoms with Crippen molar-refractivity contribution in [3.63, 3.8) is 0 Å². The Morgan fingerprint density at radius 2 is 2.33 bits per heavy atom. The molecule has 7 nitrogen and oxygen atoms in total. The van der Waals surface area contributed by atoms with Crippen LogP contribution in [0.5, 0.6) is 0 Å². The topological polar surface area (TPSA) is 76.2 Å². The number of rotatable bonds is 5. The molecule has 0 bridgehead atoms. The number of aromatic nitrogens is 2. The quantitative estimate of drug-likeness (QED) is 0.666. The molecule has 2 unspecified atom stereocenters. The Hall–Kier alpha value is -1.63. The molecule has 1 aliphatic carbocycles. The minimum absolute atomic E-state index is 0.0514. The van der Waals surface area contributed by atoms with Gasteiger partial charge in [0.05, 0.1) is 0 Å². The van der Waals surface area contributed by atoms with E-state index in [4.69, 9.17) is 0 Å². The highest BCUT2D eigenvalue weighted by Gasteiger charge is 2.37. The third-order valence-electron chi connectivity index (χ3n) is 4.69. The molecule has 7 heteroatoms. The first-order valence-corrected chi connectivity index (χ1v) is 7.43.